The Morgan fingerprint density at radius 2 is 1.16 bits per heavy atom. The Hall–Kier alpha value is -2.20. The summed E-state index contributed by atoms with van der Waals surface area (Å²) >= 11 is 0. The van der Waals surface area contributed by atoms with Crippen LogP contribution < -0.4 is 9.47 Å². The van der Waals surface area contributed by atoms with E-state index in [-0.39, 0.29) is 0 Å². The Labute approximate surface area is 99.2 Å². The van der Waals surface area contributed by atoms with Crippen molar-refractivity contribution in [3.8, 4) is 11.5 Å². The number of esters is 2. The van der Waals surface area contributed by atoms with Crippen LogP contribution in [0, 0.1) is 0 Å². The fourth-order valence-electron chi connectivity index (χ4n) is 0.738. The first-order valence-electron chi connectivity index (χ1n) is 4.16. The topological polar surface area (TPSA) is 65.7 Å². The molecule has 0 aromatic carbocycles. The van der Waals surface area contributed by atoms with E-state index in [0.717, 1.165) is 0 Å². The molecule has 0 radical (unpaired) electrons. The van der Waals surface area contributed by atoms with Gasteiger partial charge in [-0.05, 0) is 0 Å². The molecule has 106 valence electrons. The van der Waals surface area contributed by atoms with Crippen LogP contribution in [0.4, 0.5) is 26.3 Å². The van der Waals surface area contributed by atoms with Gasteiger partial charge in [-0.2, -0.15) is 26.3 Å². The zero-order chi connectivity index (χ0) is 14.8. The van der Waals surface area contributed by atoms with E-state index in [0.29, 0.717) is 12.5 Å². The molecule has 0 atom stereocenters. The molecule has 1 heterocycles. The van der Waals surface area contributed by atoms with Gasteiger partial charge >= 0.3 is 24.3 Å². The highest BCUT2D eigenvalue weighted by Gasteiger charge is 2.44. The molecule has 0 saturated heterocycles. The quantitative estimate of drug-likeness (QED) is 0.617. The van der Waals surface area contributed by atoms with Crippen molar-refractivity contribution in [2.45, 2.75) is 12.4 Å². The number of ether oxygens (including phenoxy) is 2. The molecule has 11 heteroatoms. The average molecular weight is 292 g/mol. The number of furan rings is 1. The second-order valence-electron chi connectivity index (χ2n) is 2.87. The van der Waals surface area contributed by atoms with Gasteiger partial charge in [0.25, 0.3) is 0 Å². The fourth-order valence-corrected chi connectivity index (χ4v) is 0.738. The Morgan fingerprint density at radius 1 is 0.842 bits per heavy atom. The van der Waals surface area contributed by atoms with Gasteiger partial charge in [-0.3, -0.25) is 0 Å². The van der Waals surface area contributed by atoms with Crippen molar-refractivity contribution in [3.63, 3.8) is 0 Å². The van der Waals surface area contributed by atoms with Gasteiger partial charge in [-0.25, -0.2) is 9.59 Å². The largest absolute Gasteiger partial charge is 0.491 e. The van der Waals surface area contributed by atoms with Crippen molar-refractivity contribution < 1.29 is 49.8 Å². The van der Waals surface area contributed by atoms with Crippen LogP contribution in [0.3, 0.4) is 0 Å². The van der Waals surface area contributed by atoms with Crippen molar-refractivity contribution in [3.05, 3.63) is 12.5 Å². The van der Waals surface area contributed by atoms with Crippen LogP contribution in [0.1, 0.15) is 0 Å². The minimum Gasteiger partial charge on any atom is -0.465 e. The van der Waals surface area contributed by atoms with Gasteiger partial charge in [-0.1, -0.05) is 0 Å². The molecular weight excluding hydrogens is 290 g/mol. The van der Waals surface area contributed by atoms with Crippen LogP contribution >= 0.6 is 0 Å². The normalized spacial score (nSPS) is 12.1. The van der Waals surface area contributed by atoms with Gasteiger partial charge in [0.05, 0.1) is 0 Å². The lowest BCUT2D eigenvalue weighted by Crippen LogP contribution is -2.29. The van der Waals surface area contributed by atoms with Crippen LogP contribution in [-0.2, 0) is 9.59 Å². The highest BCUT2D eigenvalue weighted by molar-refractivity contribution is 5.81. The van der Waals surface area contributed by atoms with E-state index >= 15 is 0 Å². The maximum atomic E-state index is 11.8. The molecule has 0 aliphatic rings. The minimum atomic E-state index is -5.37. The number of rotatable bonds is 2. The molecular formula is C8H2F6O5. The zero-order valence-electron chi connectivity index (χ0n) is 8.46. The predicted molar refractivity (Wildman–Crippen MR) is 42.1 cm³/mol. The van der Waals surface area contributed by atoms with Gasteiger partial charge in [0.15, 0.2) is 0 Å². The molecule has 1 aromatic heterocycles. The molecule has 0 saturated carbocycles. The van der Waals surface area contributed by atoms with E-state index in [9.17, 15) is 35.9 Å². The molecule has 0 aliphatic carbocycles. The summed E-state index contributed by atoms with van der Waals surface area (Å²) in [5, 5.41) is 0. The zero-order valence-corrected chi connectivity index (χ0v) is 8.46. The third-order valence-electron chi connectivity index (χ3n) is 1.46. The van der Waals surface area contributed by atoms with E-state index in [1.54, 1.807) is 0 Å². The van der Waals surface area contributed by atoms with Gasteiger partial charge in [0.1, 0.15) is 12.5 Å². The summed E-state index contributed by atoms with van der Waals surface area (Å²) in [6.45, 7) is 0. The molecule has 0 aliphatic heterocycles. The number of alkyl halides is 6. The molecule has 0 N–H and O–H groups in total. The van der Waals surface area contributed by atoms with E-state index in [1.807, 2.05) is 0 Å². The van der Waals surface area contributed by atoms with Crippen LogP contribution in [-0.4, -0.2) is 24.3 Å². The first kappa shape index (κ1) is 14.9. The molecule has 1 aromatic rings. The van der Waals surface area contributed by atoms with Gasteiger partial charge in [0, 0.05) is 0 Å². The summed E-state index contributed by atoms with van der Waals surface area (Å²) < 4.78 is 82.5. The van der Waals surface area contributed by atoms with Crippen LogP contribution in [0.15, 0.2) is 16.9 Å². The number of hydrogen-bond donors (Lipinski definition) is 0. The van der Waals surface area contributed by atoms with Crippen molar-refractivity contribution >= 4 is 11.9 Å². The molecule has 0 amide bonds. The smallest absolute Gasteiger partial charge is 0.465 e. The van der Waals surface area contributed by atoms with Crippen molar-refractivity contribution in [1.82, 2.24) is 0 Å². The summed E-state index contributed by atoms with van der Waals surface area (Å²) in [6.07, 6.45) is -10.0. The van der Waals surface area contributed by atoms with E-state index in [2.05, 4.69) is 13.9 Å². The highest BCUT2D eigenvalue weighted by atomic mass is 19.4. The Kier molecular flexibility index (Phi) is 3.77. The molecule has 0 unspecified atom stereocenters. The Balaban J connectivity index is 2.82. The Morgan fingerprint density at radius 3 is 1.42 bits per heavy atom. The Bertz CT molecular complexity index is 442. The van der Waals surface area contributed by atoms with E-state index in [1.165, 1.54) is 0 Å². The predicted octanol–water partition coefficient (Wildman–Crippen LogP) is 2.21. The third-order valence-corrected chi connectivity index (χ3v) is 1.46. The van der Waals surface area contributed by atoms with Crippen molar-refractivity contribution in [1.29, 1.82) is 0 Å². The van der Waals surface area contributed by atoms with Gasteiger partial charge < -0.3 is 13.9 Å². The molecule has 19 heavy (non-hydrogen) atoms. The number of halogens is 6. The average Bonchev–Trinajstić information content (AvgIpc) is 2.62. The van der Waals surface area contributed by atoms with Crippen LogP contribution in [0.25, 0.3) is 0 Å². The molecule has 0 bridgehead atoms. The number of carbonyl (C=O) groups is 2. The lowest BCUT2D eigenvalue weighted by molar-refractivity contribution is -0.191. The monoisotopic (exact) mass is 292 g/mol. The van der Waals surface area contributed by atoms with Crippen molar-refractivity contribution in [2.75, 3.05) is 0 Å². The van der Waals surface area contributed by atoms with Gasteiger partial charge in [0.2, 0.25) is 11.5 Å². The maximum absolute atomic E-state index is 11.8. The molecule has 1 rings (SSSR count). The SMILES string of the molecule is O=C(Oc1cocc1OC(=O)C(F)(F)F)C(F)(F)F. The minimum absolute atomic E-state index is 0.364. The fraction of sp³-hybridized carbons (Fsp3) is 0.250. The lowest BCUT2D eigenvalue weighted by atomic mass is 10.5. The number of carbonyl (C=O) groups excluding carboxylic acids is 2. The van der Waals surface area contributed by atoms with E-state index < -0.39 is 35.8 Å². The summed E-state index contributed by atoms with van der Waals surface area (Å²) in [5.41, 5.74) is 0. The lowest BCUT2D eigenvalue weighted by Gasteiger charge is -2.08. The first-order chi connectivity index (χ1) is 8.51. The highest BCUT2D eigenvalue weighted by Crippen LogP contribution is 2.32. The van der Waals surface area contributed by atoms with Gasteiger partial charge in [-0.15, -0.1) is 0 Å². The van der Waals surface area contributed by atoms with Crippen molar-refractivity contribution in [2.24, 2.45) is 0 Å². The molecule has 0 spiro atoms. The first-order valence-corrected chi connectivity index (χ1v) is 4.16. The summed E-state index contributed by atoms with van der Waals surface area (Å²) in [7, 11) is 0. The van der Waals surface area contributed by atoms with Crippen LogP contribution in [0.5, 0.6) is 11.5 Å². The summed E-state index contributed by atoms with van der Waals surface area (Å²) in [4.78, 5) is 20.8. The van der Waals surface area contributed by atoms with Crippen LogP contribution in [0.2, 0.25) is 0 Å². The standard InChI is InChI=1S/C8H2F6O5/c9-7(10,11)5(15)18-3-1-17-2-4(3)19-6(16)8(12,13)14/h1-2H. The molecule has 0 fully saturated rings. The van der Waals surface area contributed by atoms with E-state index in [4.69, 9.17) is 0 Å². The summed E-state index contributed by atoms with van der Waals surface area (Å²) in [6, 6.07) is 0. The number of hydrogen-bond acceptors (Lipinski definition) is 5. The second kappa shape index (κ2) is 4.82. The second-order valence-corrected chi connectivity index (χ2v) is 2.87. The third kappa shape index (κ3) is 3.89. The maximum Gasteiger partial charge on any atom is 0.491 e. The molecule has 5 nitrogen and oxygen atoms in total. The summed E-state index contributed by atoms with van der Waals surface area (Å²) in [5.74, 6) is -7.64.